The van der Waals surface area contributed by atoms with Crippen molar-refractivity contribution in [1.82, 2.24) is 0 Å². The Labute approximate surface area is 90.6 Å². The first-order valence-electron chi connectivity index (χ1n) is 4.37. The van der Waals surface area contributed by atoms with Gasteiger partial charge in [-0.25, -0.2) is 0 Å². The minimum Gasteiger partial charge on any atom is -0.497 e. The summed E-state index contributed by atoms with van der Waals surface area (Å²) in [5.41, 5.74) is -0.602. The molecule has 0 unspecified atom stereocenters. The van der Waals surface area contributed by atoms with Gasteiger partial charge in [0.05, 0.1) is 12.7 Å². The number of rotatable bonds is 3. The fourth-order valence-corrected chi connectivity index (χ4v) is 1.99. The molecule has 0 aromatic heterocycles. The lowest BCUT2D eigenvalue weighted by Gasteiger charge is -2.12. The molecular formula is C10H11F3OS. The van der Waals surface area contributed by atoms with Crippen molar-refractivity contribution in [3.05, 3.63) is 23.8 Å². The molecule has 0 radical (unpaired) electrons. The lowest BCUT2D eigenvalue weighted by Crippen LogP contribution is -2.06. The fraction of sp³-hybridized carbons (Fsp3) is 0.400. The molecule has 0 spiro atoms. The summed E-state index contributed by atoms with van der Waals surface area (Å²) in [6.45, 7) is 1.81. The molecule has 84 valence electrons. The number of alkyl halides is 3. The zero-order valence-electron chi connectivity index (χ0n) is 8.39. The van der Waals surface area contributed by atoms with Gasteiger partial charge in [0.15, 0.2) is 0 Å². The molecule has 0 saturated heterocycles. The Morgan fingerprint density at radius 2 is 2.00 bits per heavy atom. The lowest BCUT2D eigenvalue weighted by atomic mass is 10.2. The van der Waals surface area contributed by atoms with Gasteiger partial charge in [-0.05, 0) is 24.0 Å². The van der Waals surface area contributed by atoms with Crippen LogP contribution in [0, 0.1) is 0 Å². The van der Waals surface area contributed by atoms with Crippen molar-refractivity contribution < 1.29 is 17.9 Å². The zero-order valence-corrected chi connectivity index (χ0v) is 9.21. The molecule has 0 fully saturated rings. The van der Waals surface area contributed by atoms with Crippen LogP contribution in [0.1, 0.15) is 12.5 Å². The maximum atomic E-state index is 12.6. The summed E-state index contributed by atoms with van der Waals surface area (Å²) in [6.07, 6.45) is -4.30. The molecule has 0 aliphatic rings. The standard InChI is InChI=1S/C10H11F3OS/c1-3-15-9-6-7(14-2)4-5-8(9)10(11,12)13/h4-6H,3H2,1-2H3. The van der Waals surface area contributed by atoms with Gasteiger partial charge >= 0.3 is 6.18 Å². The van der Waals surface area contributed by atoms with E-state index in [1.807, 2.05) is 6.92 Å². The van der Waals surface area contributed by atoms with E-state index in [2.05, 4.69) is 0 Å². The summed E-state index contributed by atoms with van der Waals surface area (Å²) >= 11 is 1.16. The van der Waals surface area contributed by atoms with E-state index in [1.54, 1.807) is 0 Å². The highest BCUT2D eigenvalue weighted by Gasteiger charge is 2.33. The summed E-state index contributed by atoms with van der Waals surface area (Å²) in [6, 6.07) is 3.79. The highest BCUT2D eigenvalue weighted by molar-refractivity contribution is 7.99. The third-order valence-electron chi connectivity index (χ3n) is 1.79. The van der Waals surface area contributed by atoms with Gasteiger partial charge in [0, 0.05) is 4.90 Å². The van der Waals surface area contributed by atoms with Crippen LogP contribution in [0.4, 0.5) is 13.2 Å². The van der Waals surface area contributed by atoms with E-state index < -0.39 is 11.7 Å². The highest BCUT2D eigenvalue weighted by atomic mass is 32.2. The molecule has 15 heavy (non-hydrogen) atoms. The average molecular weight is 236 g/mol. The molecule has 5 heteroatoms. The topological polar surface area (TPSA) is 9.23 Å². The predicted octanol–water partition coefficient (Wildman–Crippen LogP) is 3.83. The van der Waals surface area contributed by atoms with E-state index in [0.717, 1.165) is 17.8 Å². The van der Waals surface area contributed by atoms with Crippen molar-refractivity contribution in [2.24, 2.45) is 0 Å². The molecular weight excluding hydrogens is 225 g/mol. The second-order valence-electron chi connectivity index (χ2n) is 2.79. The van der Waals surface area contributed by atoms with Crippen molar-refractivity contribution in [3.63, 3.8) is 0 Å². The number of hydrogen-bond acceptors (Lipinski definition) is 2. The number of thioether (sulfide) groups is 1. The first kappa shape index (κ1) is 12.2. The van der Waals surface area contributed by atoms with Gasteiger partial charge in [-0.3, -0.25) is 0 Å². The van der Waals surface area contributed by atoms with Gasteiger partial charge in [0.2, 0.25) is 0 Å². The van der Waals surface area contributed by atoms with Crippen LogP contribution in [0.15, 0.2) is 23.1 Å². The number of methoxy groups -OCH3 is 1. The predicted molar refractivity (Wildman–Crippen MR) is 54.4 cm³/mol. The Morgan fingerprint density at radius 3 is 2.47 bits per heavy atom. The third-order valence-corrected chi connectivity index (χ3v) is 2.73. The maximum absolute atomic E-state index is 12.6. The summed E-state index contributed by atoms with van der Waals surface area (Å²) in [7, 11) is 1.43. The van der Waals surface area contributed by atoms with E-state index in [9.17, 15) is 13.2 Å². The summed E-state index contributed by atoms with van der Waals surface area (Å²) < 4.78 is 42.5. The van der Waals surface area contributed by atoms with Crippen LogP contribution in [-0.4, -0.2) is 12.9 Å². The molecule has 0 heterocycles. The minimum atomic E-state index is -4.30. The second kappa shape index (κ2) is 4.79. The number of benzene rings is 1. The number of hydrogen-bond donors (Lipinski definition) is 0. The zero-order chi connectivity index (χ0) is 11.5. The van der Waals surface area contributed by atoms with Gasteiger partial charge < -0.3 is 4.74 Å². The summed E-state index contributed by atoms with van der Waals surface area (Å²) in [5, 5.41) is 0. The average Bonchev–Trinajstić information content (AvgIpc) is 2.16. The number of halogens is 3. The van der Waals surface area contributed by atoms with E-state index in [4.69, 9.17) is 4.74 Å². The van der Waals surface area contributed by atoms with Crippen LogP contribution in [-0.2, 0) is 6.18 Å². The van der Waals surface area contributed by atoms with Gasteiger partial charge in [-0.2, -0.15) is 13.2 Å². The van der Waals surface area contributed by atoms with E-state index in [1.165, 1.54) is 19.2 Å². The van der Waals surface area contributed by atoms with Crippen molar-refractivity contribution in [2.45, 2.75) is 18.0 Å². The van der Waals surface area contributed by atoms with Crippen molar-refractivity contribution in [1.29, 1.82) is 0 Å². The maximum Gasteiger partial charge on any atom is 0.417 e. The van der Waals surface area contributed by atoms with Gasteiger partial charge in [0.1, 0.15) is 5.75 Å². The number of ether oxygens (including phenoxy) is 1. The van der Waals surface area contributed by atoms with Gasteiger partial charge in [-0.1, -0.05) is 6.92 Å². The van der Waals surface area contributed by atoms with Crippen LogP contribution in [0.5, 0.6) is 5.75 Å². The largest absolute Gasteiger partial charge is 0.497 e. The molecule has 0 atom stereocenters. The van der Waals surface area contributed by atoms with Crippen LogP contribution in [0.2, 0.25) is 0 Å². The quantitative estimate of drug-likeness (QED) is 0.738. The second-order valence-corrected chi connectivity index (χ2v) is 4.10. The first-order valence-corrected chi connectivity index (χ1v) is 5.35. The molecule has 0 N–H and O–H groups in total. The van der Waals surface area contributed by atoms with E-state index in [0.29, 0.717) is 11.5 Å². The minimum absolute atomic E-state index is 0.212. The summed E-state index contributed by atoms with van der Waals surface area (Å²) in [5.74, 6) is 1.04. The monoisotopic (exact) mass is 236 g/mol. The van der Waals surface area contributed by atoms with Crippen LogP contribution in [0.3, 0.4) is 0 Å². The van der Waals surface area contributed by atoms with E-state index in [-0.39, 0.29) is 4.90 Å². The van der Waals surface area contributed by atoms with Crippen LogP contribution >= 0.6 is 11.8 Å². The third kappa shape index (κ3) is 3.06. The van der Waals surface area contributed by atoms with Crippen LogP contribution < -0.4 is 4.74 Å². The van der Waals surface area contributed by atoms with Crippen molar-refractivity contribution in [2.75, 3.05) is 12.9 Å². The van der Waals surface area contributed by atoms with Crippen LogP contribution in [0.25, 0.3) is 0 Å². The molecule has 0 bridgehead atoms. The molecule has 0 saturated carbocycles. The smallest absolute Gasteiger partial charge is 0.417 e. The normalized spacial score (nSPS) is 11.5. The lowest BCUT2D eigenvalue weighted by molar-refractivity contribution is -0.139. The Balaban J connectivity index is 3.15. The Morgan fingerprint density at radius 1 is 1.33 bits per heavy atom. The molecule has 0 aliphatic heterocycles. The Kier molecular flexibility index (Phi) is 3.90. The molecule has 1 rings (SSSR count). The van der Waals surface area contributed by atoms with Gasteiger partial charge in [-0.15, -0.1) is 11.8 Å². The highest BCUT2D eigenvalue weighted by Crippen LogP contribution is 2.38. The van der Waals surface area contributed by atoms with Gasteiger partial charge in [0.25, 0.3) is 0 Å². The van der Waals surface area contributed by atoms with Crippen molar-refractivity contribution >= 4 is 11.8 Å². The Hall–Kier alpha value is -0.840. The Bertz CT molecular complexity index is 336. The molecule has 0 aliphatic carbocycles. The molecule has 1 nitrogen and oxygen atoms in total. The fourth-order valence-electron chi connectivity index (χ4n) is 1.14. The first-order chi connectivity index (χ1) is 6.99. The summed E-state index contributed by atoms with van der Waals surface area (Å²) in [4.78, 5) is 0.212. The van der Waals surface area contributed by atoms with Crippen molar-refractivity contribution in [3.8, 4) is 5.75 Å². The molecule has 1 aromatic rings. The van der Waals surface area contributed by atoms with E-state index >= 15 is 0 Å². The SMILES string of the molecule is CCSc1cc(OC)ccc1C(F)(F)F. The molecule has 0 amide bonds. The molecule has 1 aromatic carbocycles.